The van der Waals surface area contributed by atoms with Crippen molar-refractivity contribution >= 4 is 61.0 Å². The molecule has 0 aliphatic rings. The number of nitrogen functional groups attached to an aromatic ring is 1. The third-order valence-electron chi connectivity index (χ3n) is 2.24. The molecule has 0 fully saturated rings. The highest BCUT2D eigenvalue weighted by Crippen LogP contribution is 2.26. The predicted octanol–water partition coefficient (Wildman–Crippen LogP) is 3.31. The van der Waals surface area contributed by atoms with Crippen molar-refractivity contribution in [2.24, 2.45) is 0 Å². The Labute approximate surface area is 137 Å². The summed E-state index contributed by atoms with van der Waals surface area (Å²) in [6, 6.07) is 5.53. The fourth-order valence-corrected chi connectivity index (χ4v) is 3.18. The average Bonchev–Trinajstić information content (AvgIpc) is 2.41. The number of carbonyl (C=O) groups is 1. The van der Waals surface area contributed by atoms with Crippen molar-refractivity contribution in [1.29, 1.82) is 0 Å². The zero-order valence-corrected chi connectivity index (χ0v) is 14.1. The van der Waals surface area contributed by atoms with Gasteiger partial charge in [-0.3, -0.25) is 4.79 Å². The van der Waals surface area contributed by atoms with Crippen molar-refractivity contribution in [3.63, 3.8) is 0 Å². The van der Waals surface area contributed by atoms with Crippen LogP contribution in [0.5, 0.6) is 0 Å². The molecule has 5 nitrogen and oxygen atoms in total. The molecule has 0 aliphatic heterocycles. The first kappa shape index (κ1) is 15.3. The van der Waals surface area contributed by atoms with Gasteiger partial charge >= 0.3 is 0 Å². The lowest BCUT2D eigenvalue weighted by Crippen LogP contribution is -2.14. The highest BCUT2D eigenvalue weighted by Gasteiger charge is 2.09. The average molecular weight is 418 g/mol. The lowest BCUT2D eigenvalue weighted by Gasteiger charge is -2.07. The maximum absolute atomic E-state index is 11.9. The van der Waals surface area contributed by atoms with Gasteiger partial charge in [-0.15, -0.1) is 0 Å². The van der Waals surface area contributed by atoms with Crippen molar-refractivity contribution < 1.29 is 4.79 Å². The van der Waals surface area contributed by atoms with Gasteiger partial charge < -0.3 is 11.1 Å². The highest BCUT2D eigenvalue weighted by molar-refractivity contribution is 9.11. The molecule has 2 rings (SSSR count). The first-order valence-corrected chi connectivity index (χ1v) is 8.07. The summed E-state index contributed by atoms with van der Waals surface area (Å²) in [6.45, 7) is 0. The van der Waals surface area contributed by atoms with Gasteiger partial charge in [-0.05, 0) is 34.1 Å². The molecule has 0 atom stereocenters. The monoisotopic (exact) mass is 416 g/mol. The molecule has 1 amide bonds. The van der Waals surface area contributed by atoms with Crippen LogP contribution >= 0.6 is 43.6 Å². The zero-order chi connectivity index (χ0) is 14.5. The summed E-state index contributed by atoms with van der Waals surface area (Å²) in [5.74, 6) is 0.406. The summed E-state index contributed by atoms with van der Waals surface area (Å²) in [7, 11) is 0. The number of nitrogens with one attached hydrogen (secondary N) is 1. The number of nitrogens with two attached hydrogens (primary N) is 1. The van der Waals surface area contributed by atoms with E-state index in [9.17, 15) is 4.79 Å². The van der Waals surface area contributed by atoms with Crippen LogP contribution in [0.1, 0.15) is 0 Å². The van der Waals surface area contributed by atoms with E-state index >= 15 is 0 Å². The molecule has 0 aliphatic carbocycles. The number of hydrogen-bond acceptors (Lipinski definition) is 5. The van der Waals surface area contributed by atoms with Crippen LogP contribution in [0.15, 0.2) is 44.6 Å². The van der Waals surface area contributed by atoms with Gasteiger partial charge in [-0.25, -0.2) is 9.97 Å². The Bertz CT molecular complexity index is 639. The zero-order valence-electron chi connectivity index (χ0n) is 10.1. The fraction of sp³-hybridized carbons (Fsp3) is 0.0833. The molecule has 0 unspecified atom stereocenters. The van der Waals surface area contributed by atoms with E-state index in [1.807, 2.05) is 18.2 Å². The number of nitrogens with zero attached hydrogens (tertiary/aromatic N) is 2. The van der Waals surface area contributed by atoms with Crippen LogP contribution in [0.25, 0.3) is 0 Å². The van der Waals surface area contributed by atoms with E-state index in [-0.39, 0.29) is 11.7 Å². The molecular formula is C12H10Br2N4OS. The van der Waals surface area contributed by atoms with Gasteiger partial charge in [0.2, 0.25) is 5.91 Å². The quantitative estimate of drug-likeness (QED) is 0.745. The second-order valence-corrected chi connectivity index (χ2v) is 6.44. The molecule has 0 saturated carbocycles. The van der Waals surface area contributed by atoms with E-state index in [4.69, 9.17) is 5.73 Å². The number of carbonyl (C=O) groups excluding carboxylic acids is 1. The van der Waals surface area contributed by atoms with Crippen LogP contribution in [0.3, 0.4) is 0 Å². The lowest BCUT2D eigenvalue weighted by atomic mass is 10.3. The van der Waals surface area contributed by atoms with E-state index in [1.54, 1.807) is 6.20 Å². The van der Waals surface area contributed by atoms with Gasteiger partial charge in [0.25, 0.3) is 0 Å². The van der Waals surface area contributed by atoms with Crippen LogP contribution in [0.4, 0.5) is 11.5 Å². The Morgan fingerprint density at radius 2 is 2.05 bits per heavy atom. The Morgan fingerprint density at radius 3 is 2.75 bits per heavy atom. The molecule has 0 spiro atoms. The van der Waals surface area contributed by atoms with Gasteiger partial charge in [0.15, 0.2) is 5.82 Å². The molecule has 8 heteroatoms. The normalized spacial score (nSPS) is 10.3. The number of anilines is 2. The van der Waals surface area contributed by atoms with Crippen LogP contribution in [0, 0.1) is 0 Å². The number of halogens is 2. The maximum atomic E-state index is 11.9. The van der Waals surface area contributed by atoms with Gasteiger partial charge in [0.05, 0.1) is 11.4 Å². The van der Waals surface area contributed by atoms with Gasteiger partial charge in [-0.2, -0.15) is 0 Å². The van der Waals surface area contributed by atoms with Crippen molar-refractivity contribution in [3.8, 4) is 0 Å². The molecule has 20 heavy (non-hydrogen) atoms. The van der Waals surface area contributed by atoms with E-state index in [0.29, 0.717) is 16.5 Å². The topological polar surface area (TPSA) is 80.9 Å². The molecule has 104 valence electrons. The van der Waals surface area contributed by atoms with E-state index in [0.717, 1.165) is 8.95 Å². The second kappa shape index (κ2) is 7.05. The van der Waals surface area contributed by atoms with Crippen LogP contribution in [0.2, 0.25) is 0 Å². The Morgan fingerprint density at radius 1 is 1.30 bits per heavy atom. The number of amides is 1. The SMILES string of the molecule is Nc1nccnc1SCC(=O)Nc1ccc(Br)cc1Br. The molecule has 0 bridgehead atoms. The summed E-state index contributed by atoms with van der Waals surface area (Å²) < 4.78 is 1.74. The summed E-state index contributed by atoms with van der Waals surface area (Å²) in [5.41, 5.74) is 6.38. The van der Waals surface area contributed by atoms with Crippen LogP contribution in [-0.2, 0) is 4.79 Å². The third-order valence-corrected chi connectivity index (χ3v) is 4.38. The molecular weight excluding hydrogens is 408 g/mol. The van der Waals surface area contributed by atoms with Crippen molar-refractivity contribution in [2.45, 2.75) is 5.03 Å². The highest BCUT2D eigenvalue weighted by atomic mass is 79.9. The maximum Gasteiger partial charge on any atom is 0.234 e. The smallest absolute Gasteiger partial charge is 0.234 e. The van der Waals surface area contributed by atoms with Crippen molar-refractivity contribution in [3.05, 3.63) is 39.5 Å². The molecule has 0 radical (unpaired) electrons. The molecule has 1 aromatic heterocycles. The van der Waals surface area contributed by atoms with E-state index in [2.05, 4.69) is 47.1 Å². The number of rotatable bonds is 4. The second-order valence-electron chi connectivity index (χ2n) is 3.71. The number of benzene rings is 1. The summed E-state index contributed by atoms with van der Waals surface area (Å²) in [6.07, 6.45) is 3.06. The minimum atomic E-state index is -0.136. The lowest BCUT2D eigenvalue weighted by molar-refractivity contribution is -0.113. The predicted molar refractivity (Wildman–Crippen MR) is 87.6 cm³/mol. The molecule has 0 saturated heterocycles. The van der Waals surface area contributed by atoms with Gasteiger partial charge in [-0.1, -0.05) is 27.7 Å². The standard InChI is InChI=1S/C12H10Br2N4OS/c13-7-1-2-9(8(14)5-7)18-10(19)6-20-12-11(15)16-3-4-17-12/h1-5H,6H2,(H2,15,16)(H,18,19). The van der Waals surface area contributed by atoms with Gasteiger partial charge in [0, 0.05) is 21.3 Å². The Hall–Kier alpha value is -1.12. The summed E-state index contributed by atoms with van der Waals surface area (Å²) in [4.78, 5) is 19.9. The molecule has 2 aromatic rings. The van der Waals surface area contributed by atoms with Crippen LogP contribution < -0.4 is 11.1 Å². The van der Waals surface area contributed by atoms with Crippen molar-refractivity contribution in [2.75, 3.05) is 16.8 Å². The fourth-order valence-electron chi connectivity index (χ4n) is 1.36. The summed E-state index contributed by atoms with van der Waals surface area (Å²) >= 11 is 7.99. The Kier molecular flexibility index (Phi) is 5.38. The van der Waals surface area contributed by atoms with E-state index in [1.165, 1.54) is 18.0 Å². The number of hydrogen-bond donors (Lipinski definition) is 2. The largest absolute Gasteiger partial charge is 0.381 e. The third kappa shape index (κ3) is 4.19. The van der Waals surface area contributed by atoms with Crippen LogP contribution in [-0.4, -0.2) is 21.6 Å². The Balaban J connectivity index is 1.94. The minimum Gasteiger partial charge on any atom is -0.381 e. The number of thioether (sulfide) groups is 1. The molecule has 1 aromatic carbocycles. The first-order valence-electron chi connectivity index (χ1n) is 5.50. The summed E-state index contributed by atoms with van der Waals surface area (Å²) in [5, 5.41) is 3.36. The van der Waals surface area contributed by atoms with Gasteiger partial charge in [0.1, 0.15) is 5.03 Å². The minimum absolute atomic E-state index is 0.136. The molecule has 3 N–H and O–H groups in total. The first-order chi connectivity index (χ1) is 9.56. The molecule has 1 heterocycles. The van der Waals surface area contributed by atoms with E-state index < -0.39 is 0 Å². The number of aromatic nitrogens is 2. The van der Waals surface area contributed by atoms with Crippen molar-refractivity contribution in [1.82, 2.24) is 9.97 Å².